The fraction of sp³-hybridized carbons (Fsp3) is 0.259. The maximum Gasteiger partial charge on any atom is 0.242 e. The Morgan fingerprint density at radius 3 is 2.09 bits per heavy atom. The predicted molar refractivity (Wildman–Crippen MR) is 129 cm³/mol. The van der Waals surface area contributed by atoms with E-state index in [4.69, 9.17) is 0 Å². The van der Waals surface area contributed by atoms with Crippen LogP contribution in [0.1, 0.15) is 12.0 Å². The molecule has 0 atom stereocenters. The maximum atomic E-state index is 13.4. The highest BCUT2D eigenvalue weighted by molar-refractivity contribution is 5.94. The summed E-state index contributed by atoms with van der Waals surface area (Å²) in [6, 6.07) is 21.6. The number of nitrogens with zero attached hydrogens (tertiary/aromatic N) is 3. The van der Waals surface area contributed by atoms with Crippen LogP contribution in [0.3, 0.4) is 0 Å². The Morgan fingerprint density at radius 2 is 1.42 bits per heavy atom. The first kappa shape index (κ1) is 21.3. The Kier molecular flexibility index (Phi) is 5.92. The van der Waals surface area contributed by atoms with E-state index in [0.717, 1.165) is 42.7 Å². The molecule has 1 aliphatic heterocycles. The van der Waals surface area contributed by atoms with Gasteiger partial charge >= 0.3 is 0 Å². The minimum Gasteiger partial charge on any atom is -0.340 e. The van der Waals surface area contributed by atoms with Gasteiger partial charge in [0.2, 0.25) is 5.91 Å². The molecule has 5 rings (SSSR count). The number of halogens is 1. The Bertz CT molecular complexity index is 1300. The number of benzene rings is 3. The fourth-order valence-electron chi connectivity index (χ4n) is 4.71. The molecule has 0 unspecified atom stereocenters. The fourth-order valence-corrected chi connectivity index (χ4v) is 4.71. The van der Waals surface area contributed by atoms with Crippen LogP contribution < -0.4 is 5.43 Å². The van der Waals surface area contributed by atoms with Crippen molar-refractivity contribution in [1.29, 1.82) is 0 Å². The molecule has 3 aromatic carbocycles. The van der Waals surface area contributed by atoms with Crippen LogP contribution in [0.25, 0.3) is 21.8 Å². The number of hydrogen-bond acceptors (Lipinski definition) is 3. The van der Waals surface area contributed by atoms with Crippen molar-refractivity contribution in [2.75, 3.05) is 26.2 Å². The average molecular weight is 444 g/mol. The van der Waals surface area contributed by atoms with Gasteiger partial charge in [0.15, 0.2) is 5.43 Å². The van der Waals surface area contributed by atoms with Crippen molar-refractivity contribution in [2.24, 2.45) is 0 Å². The molecule has 6 heteroatoms. The molecule has 1 aliphatic rings. The van der Waals surface area contributed by atoms with Gasteiger partial charge in [-0.25, -0.2) is 4.39 Å². The molecule has 1 aromatic heterocycles. The van der Waals surface area contributed by atoms with E-state index in [0.29, 0.717) is 23.9 Å². The van der Waals surface area contributed by atoms with Crippen LogP contribution in [0.5, 0.6) is 0 Å². The second-order valence-electron chi connectivity index (χ2n) is 8.59. The number of amides is 1. The van der Waals surface area contributed by atoms with Crippen molar-refractivity contribution in [3.8, 4) is 0 Å². The summed E-state index contributed by atoms with van der Waals surface area (Å²) >= 11 is 0. The number of fused-ring (bicyclic) bond motifs is 2. The molecule has 1 saturated heterocycles. The number of hydrogen-bond donors (Lipinski definition) is 0. The highest BCUT2D eigenvalue weighted by atomic mass is 19.1. The summed E-state index contributed by atoms with van der Waals surface area (Å²) in [6.07, 6.45) is 0.887. The first-order chi connectivity index (χ1) is 16.1. The number of pyridine rings is 1. The molecule has 33 heavy (non-hydrogen) atoms. The smallest absolute Gasteiger partial charge is 0.242 e. The first-order valence-corrected chi connectivity index (χ1v) is 11.3. The molecule has 0 saturated carbocycles. The van der Waals surface area contributed by atoms with Crippen LogP contribution in [0, 0.1) is 5.82 Å². The number of aromatic nitrogens is 1. The van der Waals surface area contributed by atoms with Crippen LogP contribution in [0.2, 0.25) is 0 Å². The van der Waals surface area contributed by atoms with Gasteiger partial charge in [0, 0.05) is 43.5 Å². The Balaban J connectivity index is 1.36. The molecule has 168 valence electrons. The third-order valence-corrected chi connectivity index (χ3v) is 6.43. The first-order valence-electron chi connectivity index (χ1n) is 11.3. The number of rotatable bonds is 4. The van der Waals surface area contributed by atoms with E-state index < -0.39 is 0 Å². The van der Waals surface area contributed by atoms with E-state index >= 15 is 0 Å². The van der Waals surface area contributed by atoms with Gasteiger partial charge in [0.05, 0.1) is 11.0 Å². The predicted octanol–water partition coefficient (Wildman–Crippen LogP) is 4.03. The van der Waals surface area contributed by atoms with Gasteiger partial charge in [0.1, 0.15) is 12.4 Å². The van der Waals surface area contributed by atoms with Crippen LogP contribution in [0.15, 0.2) is 77.6 Å². The summed E-state index contributed by atoms with van der Waals surface area (Å²) in [5.41, 5.74) is 2.63. The third kappa shape index (κ3) is 4.39. The van der Waals surface area contributed by atoms with Gasteiger partial charge in [-0.3, -0.25) is 14.5 Å². The van der Waals surface area contributed by atoms with Crippen molar-refractivity contribution in [3.05, 3.63) is 94.4 Å². The molecule has 1 fully saturated rings. The van der Waals surface area contributed by atoms with E-state index in [1.165, 1.54) is 12.1 Å². The number of para-hydroxylation sites is 2. The van der Waals surface area contributed by atoms with Crippen LogP contribution >= 0.6 is 0 Å². The van der Waals surface area contributed by atoms with Crippen LogP contribution in [0.4, 0.5) is 4.39 Å². The Labute approximate surface area is 191 Å². The monoisotopic (exact) mass is 443 g/mol. The molecule has 2 heterocycles. The van der Waals surface area contributed by atoms with Crippen molar-refractivity contribution in [3.63, 3.8) is 0 Å². The van der Waals surface area contributed by atoms with Crippen LogP contribution in [-0.2, 0) is 17.9 Å². The minimum absolute atomic E-state index is 0.00361. The zero-order valence-corrected chi connectivity index (χ0v) is 18.4. The SMILES string of the molecule is O=C(Cn1c2ccccc2c(=O)c2ccccc21)N1CCCN(Cc2ccc(F)cc2)CC1. The average Bonchev–Trinajstić information content (AvgIpc) is 3.09. The van der Waals surface area contributed by atoms with Crippen molar-refractivity contribution >= 4 is 27.7 Å². The van der Waals surface area contributed by atoms with Crippen LogP contribution in [-0.4, -0.2) is 46.5 Å². The van der Waals surface area contributed by atoms with Gasteiger partial charge in [-0.15, -0.1) is 0 Å². The summed E-state index contributed by atoms with van der Waals surface area (Å²) in [4.78, 5) is 30.5. The van der Waals surface area contributed by atoms with Gasteiger partial charge in [-0.2, -0.15) is 0 Å². The lowest BCUT2D eigenvalue weighted by molar-refractivity contribution is -0.131. The molecular weight excluding hydrogens is 417 g/mol. The largest absolute Gasteiger partial charge is 0.340 e. The quantitative estimate of drug-likeness (QED) is 0.448. The molecule has 0 aliphatic carbocycles. The zero-order chi connectivity index (χ0) is 22.8. The molecule has 0 bridgehead atoms. The molecule has 0 spiro atoms. The van der Waals surface area contributed by atoms with Gasteiger partial charge in [-0.05, 0) is 48.4 Å². The van der Waals surface area contributed by atoms with E-state index in [1.807, 2.05) is 70.1 Å². The highest BCUT2D eigenvalue weighted by Gasteiger charge is 2.21. The summed E-state index contributed by atoms with van der Waals surface area (Å²) < 4.78 is 15.2. The lowest BCUT2D eigenvalue weighted by atomic mass is 10.1. The topological polar surface area (TPSA) is 45.6 Å². The lowest BCUT2D eigenvalue weighted by Crippen LogP contribution is -2.37. The lowest BCUT2D eigenvalue weighted by Gasteiger charge is -2.23. The van der Waals surface area contributed by atoms with E-state index in [2.05, 4.69) is 4.90 Å². The van der Waals surface area contributed by atoms with Crippen molar-refractivity contribution in [1.82, 2.24) is 14.4 Å². The van der Waals surface area contributed by atoms with E-state index in [1.54, 1.807) is 0 Å². The van der Waals surface area contributed by atoms with E-state index in [-0.39, 0.29) is 23.7 Å². The van der Waals surface area contributed by atoms with Gasteiger partial charge in [-0.1, -0.05) is 36.4 Å². The molecular formula is C27H26FN3O2. The van der Waals surface area contributed by atoms with Gasteiger partial charge < -0.3 is 9.47 Å². The standard InChI is InChI=1S/C27H26FN3O2/c28-21-12-10-20(11-13-21)18-29-14-5-15-30(17-16-29)26(32)19-31-24-8-3-1-6-22(24)27(33)23-7-2-4-9-25(23)31/h1-4,6-13H,5,14-19H2. The second-order valence-corrected chi connectivity index (χ2v) is 8.59. The molecule has 4 aromatic rings. The van der Waals surface area contributed by atoms with Crippen molar-refractivity contribution < 1.29 is 9.18 Å². The van der Waals surface area contributed by atoms with Gasteiger partial charge in [0.25, 0.3) is 0 Å². The summed E-state index contributed by atoms with van der Waals surface area (Å²) in [5.74, 6) is -0.175. The Hall–Kier alpha value is -3.51. The number of carbonyl (C=O) groups is 1. The maximum absolute atomic E-state index is 13.4. The normalized spacial score (nSPS) is 15.1. The Morgan fingerprint density at radius 1 is 0.788 bits per heavy atom. The summed E-state index contributed by atoms with van der Waals surface area (Å²) in [5, 5.41) is 1.26. The van der Waals surface area contributed by atoms with E-state index in [9.17, 15) is 14.0 Å². The zero-order valence-electron chi connectivity index (χ0n) is 18.4. The van der Waals surface area contributed by atoms with Crippen molar-refractivity contribution in [2.45, 2.75) is 19.5 Å². The second kappa shape index (κ2) is 9.16. The number of carbonyl (C=O) groups excluding carboxylic acids is 1. The summed E-state index contributed by atoms with van der Waals surface area (Å²) in [7, 11) is 0. The minimum atomic E-state index is -0.228. The third-order valence-electron chi connectivity index (χ3n) is 6.43. The molecule has 1 amide bonds. The highest BCUT2D eigenvalue weighted by Crippen LogP contribution is 2.20. The molecule has 0 radical (unpaired) electrons. The summed E-state index contributed by atoms with van der Waals surface area (Å²) in [6.45, 7) is 3.96. The molecule has 5 nitrogen and oxygen atoms in total. The molecule has 0 N–H and O–H groups in total.